The maximum Gasteiger partial charge on any atom is 0.216 e. The van der Waals surface area contributed by atoms with E-state index < -0.39 is 0 Å². The smallest absolute Gasteiger partial charge is 0.216 e. The number of aromatic nitrogens is 2. The normalized spacial score (nSPS) is 15.5. The second-order valence-corrected chi connectivity index (χ2v) is 7.33. The molecule has 0 bridgehead atoms. The molecule has 1 fully saturated rings. The third-order valence-corrected chi connectivity index (χ3v) is 5.32. The number of anilines is 1. The predicted molar refractivity (Wildman–Crippen MR) is 97.8 cm³/mol. The number of hydrogen-bond donors (Lipinski definition) is 1. The van der Waals surface area contributed by atoms with Gasteiger partial charge in [-0.05, 0) is 36.5 Å². The van der Waals surface area contributed by atoms with E-state index in [2.05, 4.69) is 19.6 Å². The Morgan fingerprint density at radius 3 is 2.71 bits per heavy atom. The number of rotatable bonds is 5. The lowest BCUT2D eigenvalue weighted by Gasteiger charge is -2.31. The summed E-state index contributed by atoms with van der Waals surface area (Å²) < 4.78 is 4.49. The van der Waals surface area contributed by atoms with Crippen LogP contribution in [-0.2, 0) is 11.2 Å². The van der Waals surface area contributed by atoms with Gasteiger partial charge in [0.2, 0.25) is 11.0 Å². The zero-order chi connectivity index (χ0) is 16.9. The molecule has 1 aromatic heterocycles. The standard InChI is InChI=1S/C17H21ClN4OS/c1-12(23)19-11-14-6-8-22(9-7-14)17-20-16(21-24-17)10-13-2-4-15(18)5-3-13/h2-5,14H,6-11H2,1H3,(H,19,23). The second kappa shape index (κ2) is 7.94. The molecule has 1 amide bonds. The van der Waals surface area contributed by atoms with Crippen LogP contribution in [0.1, 0.15) is 31.2 Å². The van der Waals surface area contributed by atoms with Gasteiger partial charge in [0.05, 0.1) is 0 Å². The monoisotopic (exact) mass is 364 g/mol. The molecule has 2 aromatic rings. The molecule has 3 rings (SSSR count). The molecule has 2 heterocycles. The van der Waals surface area contributed by atoms with Gasteiger partial charge in [-0.2, -0.15) is 4.37 Å². The molecule has 7 heteroatoms. The van der Waals surface area contributed by atoms with Gasteiger partial charge >= 0.3 is 0 Å². The molecule has 1 aliphatic heterocycles. The quantitative estimate of drug-likeness (QED) is 0.885. The van der Waals surface area contributed by atoms with E-state index in [0.29, 0.717) is 5.92 Å². The van der Waals surface area contributed by atoms with Crippen LogP contribution in [0, 0.1) is 5.92 Å². The van der Waals surface area contributed by atoms with Crippen LogP contribution in [0.15, 0.2) is 24.3 Å². The van der Waals surface area contributed by atoms with Gasteiger partial charge in [0, 0.05) is 49.5 Å². The first-order chi connectivity index (χ1) is 11.6. The zero-order valence-corrected chi connectivity index (χ0v) is 15.2. The van der Waals surface area contributed by atoms with Crippen molar-refractivity contribution >= 4 is 34.2 Å². The number of hydrogen-bond acceptors (Lipinski definition) is 5. The Bertz CT molecular complexity index is 680. The van der Waals surface area contributed by atoms with E-state index in [4.69, 9.17) is 11.6 Å². The third kappa shape index (κ3) is 4.68. The fourth-order valence-electron chi connectivity index (χ4n) is 2.85. The molecule has 128 valence electrons. The lowest BCUT2D eigenvalue weighted by atomic mass is 9.97. The maximum atomic E-state index is 11.0. The highest BCUT2D eigenvalue weighted by atomic mass is 35.5. The number of carbonyl (C=O) groups excluding carboxylic acids is 1. The largest absolute Gasteiger partial charge is 0.356 e. The van der Waals surface area contributed by atoms with E-state index in [9.17, 15) is 4.79 Å². The lowest BCUT2D eigenvalue weighted by molar-refractivity contribution is -0.119. The summed E-state index contributed by atoms with van der Waals surface area (Å²) >= 11 is 7.38. The van der Waals surface area contributed by atoms with E-state index >= 15 is 0 Å². The van der Waals surface area contributed by atoms with E-state index in [1.807, 2.05) is 24.3 Å². The average Bonchev–Trinajstić information content (AvgIpc) is 3.04. The Balaban J connectivity index is 1.53. The SMILES string of the molecule is CC(=O)NCC1CCN(c2nc(Cc3ccc(Cl)cc3)ns2)CC1. The fraction of sp³-hybridized carbons (Fsp3) is 0.471. The van der Waals surface area contributed by atoms with Crippen molar-refractivity contribution in [1.82, 2.24) is 14.7 Å². The highest BCUT2D eigenvalue weighted by molar-refractivity contribution is 7.09. The third-order valence-electron chi connectivity index (χ3n) is 4.26. The number of carbonyl (C=O) groups is 1. The molecule has 0 spiro atoms. The van der Waals surface area contributed by atoms with Crippen molar-refractivity contribution in [2.45, 2.75) is 26.2 Å². The van der Waals surface area contributed by atoms with Gasteiger partial charge in [0.25, 0.3) is 0 Å². The first-order valence-corrected chi connectivity index (χ1v) is 9.31. The van der Waals surface area contributed by atoms with Crippen molar-refractivity contribution in [2.75, 3.05) is 24.5 Å². The molecule has 0 saturated carbocycles. The molecule has 5 nitrogen and oxygen atoms in total. The van der Waals surface area contributed by atoms with E-state index in [0.717, 1.165) is 60.4 Å². The van der Waals surface area contributed by atoms with Crippen molar-refractivity contribution < 1.29 is 4.79 Å². The van der Waals surface area contributed by atoms with E-state index in [1.54, 1.807) is 6.92 Å². The summed E-state index contributed by atoms with van der Waals surface area (Å²) in [5.74, 6) is 1.47. The highest BCUT2D eigenvalue weighted by Gasteiger charge is 2.22. The molecule has 0 aliphatic carbocycles. The number of amides is 1. The summed E-state index contributed by atoms with van der Waals surface area (Å²) in [5, 5.41) is 4.65. The lowest BCUT2D eigenvalue weighted by Crippen LogP contribution is -2.38. The van der Waals surface area contributed by atoms with Crippen LogP contribution in [0.25, 0.3) is 0 Å². The summed E-state index contributed by atoms with van der Waals surface area (Å²) in [6.07, 6.45) is 2.88. The molecule has 1 aromatic carbocycles. The Labute approximate surface area is 151 Å². The molecule has 1 N–H and O–H groups in total. The first-order valence-electron chi connectivity index (χ1n) is 8.16. The van der Waals surface area contributed by atoms with Gasteiger partial charge in [-0.15, -0.1) is 0 Å². The minimum Gasteiger partial charge on any atom is -0.356 e. The van der Waals surface area contributed by atoms with Crippen molar-refractivity contribution in [3.05, 3.63) is 40.7 Å². The van der Waals surface area contributed by atoms with Gasteiger partial charge in [0.15, 0.2) is 0 Å². The van der Waals surface area contributed by atoms with Crippen molar-refractivity contribution in [3.63, 3.8) is 0 Å². The van der Waals surface area contributed by atoms with Crippen LogP contribution in [0.3, 0.4) is 0 Å². The molecular weight excluding hydrogens is 344 g/mol. The van der Waals surface area contributed by atoms with Crippen LogP contribution in [0.5, 0.6) is 0 Å². The van der Waals surface area contributed by atoms with Gasteiger partial charge in [0.1, 0.15) is 5.82 Å². The summed E-state index contributed by atoms with van der Waals surface area (Å²) in [5.41, 5.74) is 1.16. The Morgan fingerprint density at radius 1 is 1.33 bits per heavy atom. The van der Waals surface area contributed by atoms with Gasteiger partial charge < -0.3 is 10.2 Å². The topological polar surface area (TPSA) is 58.1 Å². The molecular formula is C17H21ClN4OS. The number of piperidine rings is 1. The summed E-state index contributed by atoms with van der Waals surface area (Å²) in [4.78, 5) is 18.0. The van der Waals surface area contributed by atoms with Crippen LogP contribution in [0.4, 0.5) is 5.13 Å². The molecule has 0 atom stereocenters. The van der Waals surface area contributed by atoms with Crippen LogP contribution < -0.4 is 10.2 Å². The molecule has 0 unspecified atom stereocenters. The first kappa shape index (κ1) is 17.2. The Morgan fingerprint density at radius 2 is 2.04 bits per heavy atom. The number of nitrogens with one attached hydrogen (secondary N) is 1. The fourth-order valence-corrected chi connectivity index (χ4v) is 3.71. The van der Waals surface area contributed by atoms with Crippen molar-refractivity contribution in [3.8, 4) is 0 Å². The minimum absolute atomic E-state index is 0.0494. The predicted octanol–water partition coefficient (Wildman–Crippen LogP) is 3.13. The Kier molecular flexibility index (Phi) is 5.68. The molecule has 1 saturated heterocycles. The minimum atomic E-state index is 0.0494. The van der Waals surface area contributed by atoms with Crippen LogP contribution in [0.2, 0.25) is 5.02 Å². The maximum absolute atomic E-state index is 11.0. The summed E-state index contributed by atoms with van der Waals surface area (Å²) in [6.45, 7) is 4.29. The highest BCUT2D eigenvalue weighted by Crippen LogP contribution is 2.25. The second-order valence-electron chi connectivity index (χ2n) is 6.16. The number of benzene rings is 1. The van der Waals surface area contributed by atoms with Gasteiger partial charge in [-0.25, -0.2) is 4.98 Å². The molecule has 24 heavy (non-hydrogen) atoms. The Hall–Kier alpha value is -1.66. The number of nitrogens with zero attached hydrogens (tertiary/aromatic N) is 3. The van der Waals surface area contributed by atoms with Crippen molar-refractivity contribution in [2.24, 2.45) is 5.92 Å². The van der Waals surface area contributed by atoms with Crippen LogP contribution in [-0.4, -0.2) is 34.9 Å². The summed E-state index contributed by atoms with van der Waals surface area (Å²) in [7, 11) is 0. The van der Waals surface area contributed by atoms with Crippen LogP contribution >= 0.6 is 23.1 Å². The summed E-state index contributed by atoms with van der Waals surface area (Å²) in [6, 6.07) is 7.81. The number of halogens is 1. The van der Waals surface area contributed by atoms with E-state index in [1.165, 1.54) is 11.5 Å². The van der Waals surface area contributed by atoms with E-state index in [-0.39, 0.29) is 5.91 Å². The van der Waals surface area contributed by atoms with Crippen molar-refractivity contribution in [1.29, 1.82) is 0 Å². The van der Waals surface area contributed by atoms with Gasteiger partial charge in [-0.3, -0.25) is 4.79 Å². The average molecular weight is 365 g/mol. The zero-order valence-electron chi connectivity index (χ0n) is 13.7. The molecule has 1 aliphatic rings. The molecule has 0 radical (unpaired) electrons. The van der Waals surface area contributed by atoms with Gasteiger partial charge in [-0.1, -0.05) is 23.7 Å².